The third-order valence-corrected chi connectivity index (χ3v) is 3.57. The van der Waals surface area contributed by atoms with Crippen LogP contribution in [0.4, 0.5) is 4.79 Å². The summed E-state index contributed by atoms with van der Waals surface area (Å²) < 4.78 is 5.48. The second-order valence-electron chi connectivity index (χ2n) is 5.09. The van der Waals surface area contributed by atoms with Gasteiger partial charge in [0, 0.05) is 13.0 Å². The van der Waals surface area contributed by atoms with Crippen molar-refractivity contribution in [2.24, 2.45) is 0 Å². The minimum absolute atomic E-state index is 0.0980. The zero-order valence-electron chi connectivity index (χ0n) is 11.7. The lowest BCUT2D eigenvalue weighted by Crippen LogP contribution is -2.41. The fourth-order valence-electron chi connectivity index (χ4n) is 2.23. The van der Waals surface area contributed by atoms with E-state index in [1.807, 2.05) is 32.9 Å². The van der Waals surface area contributed by atoms with E-state index >= 15 is 0 Å². The quantitative estimate of drug-likeness (QED) is 0.781. The maximum atomic E-state index is 12.1. The average molecular weight is 261 g/mol. The zero-order valence-corrected chi connectivity index (χ0v) is 11.7. The van der Waals surface area contributed by atoms with Crippen molar-refractivity contribution in [3.05, 3.63) is 28.8 Å². The smallest absolute Gasteiger partial charge is 0.410 e. The Morgan fingerprint density at radius 3 is 2.58 bits per heavy atom. The van der Waals surface area contributed by atoms with Crippen LogP contribution in [0.5, 0.6) is 5.75 Å². The highest BCUT2D eigenvalue weighted by molar-refractivity contribution is 5.85. The first-order valence-electron chi connectivity index (χ1n) is 6.54. The Labute approximate surface area is 113 Å². The van der Waals surface area contributed by atoms with Crippen LogP contribution in [0.25, 0.3) is 0 Å². The Morgan fingerprint density at radius 1 is 1.21 bits per heavy atom. The highest BCUT2D eigenvalue weighted by atomic mass is 16.6. The molecule has 102 valence electrons. The molecule has 0 unspecified atom stereocenters. The molecule has 1 aliphatic heterocycles. The first-order chi connectivity index (χ1) is 8.99. The van der Waals surface area contributed by atoms with Gasteiger partial charge in [-0.05, 0) is 43.9 Å². The van der Waals surface area contributed by atoms with E-state index in [1.165, 1.54) is 4.90 Å². The van der Waals surface area contributed by atoms with E-state index in [9.17, 15) is 9.59 Å². The van der Waals surface area contributed by atoms with E-state index in [-0.39, 0.29) is 12.3 Å². The zero-order chi connectivity index (χ0) is 14.0. The van der Waals surface area contributed by atoms with Gasteiger partial charge in [0.1, 0.15) is 5.75 Å². The molecule has 1 amide bonds. The van der Waals surface area contributed by atoms with Crippen molar-refractivity contribution in [2.45, 2.75) is 33.6 Å². The first kappa shape index (κ1) is 13.6. The van der Waals surface area contributed by atoms with Gasteiger partial charge in [-0.2, -0.15) is 0 Å². The largest absolute Gasteiger partial charge is 0.415 e. The van der Waals surface area contributed by atoms with E-state index < -0.39 is 6.09 Å². The number of hydrogen-bond acceptors (Lipinski definition) is 3. The van der Waals surface area contributed by atoms with Gasteiger partial charge in [-0.15, -0.1) is 0 Å². The Balaban J connectivity index is 2.15. The highest BCUT2D eigenvalue weighted by Gasteiger charge is 2.24. The van der Waals surface area contributed by atoms with Crippen molar-refractivity contribution in [2.75, 3.05) is 13.1 Å². The molecule has 0 atom stereocenters. The van der Waals surface area contributed by atoms with E-state index in [0.717, 1.165) is 23.1 Å². The summed E-state index contributed by atoms with van der Waals surface area (Å²) in [6, 6.07) is 3.94. The van der Waals surface area contributed by atoms with E-state index in [4.69, 9.17) is 4.74 Å². The standard InChI is InChI=1S/C15H19NO3/c1-10-6-7-11(2)14(12(10)3)19-15(18)16-8-4-5-13(17)9-16/h6-7H,4-5,8-9H2,1-3H3. The predicted molar refractivity (Wildman–Crippen MR) is 72.5 cm³/mol. The van der Waals surface area contributed by atoms with Crippen LogP contribution >= 0.6 is 0 Å². The minimum Gasteiger partial charge on any atom is -0.410 e. The molecule has 1 aromatic rings. The second-order valence-corrected chi connectivity index (χ2v) is 5.09. The summed E-state index contributed by atoms with van der Waals surface area (Å²) in [5.74, 6) is 0.712. The van der Waals surface area contributed by atoms with Crippen molar-refractivity contribution in [3.63, 3.8) is 0 Å². The number of ketones is 1. The Bertz CT molecular complexity index is 522. The van der Waals surface area contributed by atoms with E-state index in [2.05, 4.69) is 0 Å². The van der Waals surface area contributed by atoms with Crippen LogP contribution in [0.15, 0.2) is 12.1 Å². The molecule has 1 saturated heterocycles. The summed E-state index contributed by atoms with van der Waals surface area (Å²) in [5, 5.41) is 0. The van der Waals surface area contributed by atoms with Gasteiger partial charge in [-0.25, -0.2) is 4.79 Å². The number of rotatable bonds is 1. The molecule has 0 aliphatic carbocycles. The molecule has 1 heterocycles. The summed E-state index contributed by atoms with van der Waals surface area (Å²) in [4.78, 5) is 24.9. The number of piperidine rings is 1. The fraction of sp³-hybridized carbons (Fsp3) is 0.467. The number of aryl methyl sites for hydroxylation is 2. The molecule has 0 spiro atoms. The molecular formula is C15H19NO3. The fourth-order valence-corrected chi connectivity index (χ4v) is 2.23. The van der Waals surface area contributed by atoms with Gasteiger partial charge in [0.25, 0.3) is 0 Å². The molecule has 0 aromatic heterocycles. The van der Waals surface area contributed by atoms with Crippen LogP contribution in [-0.4, -0.2) is 29.9 Å². The van der Waals surface area contributed by atoms with Gasteiger partial charge in [0.2, 0.25) is 0 Å². The molecule has 19 heavy (non-hydrogen) atoms. The van der Waals surface area contributed by atoms with Crippen LogP contribution in [0.2, 0.25) is 0 Å². The summed E-state index contributed by atoms with van der Waals surface area (Å²) >= 11 is 0. The van der Waals surface area contributed by atoms with E-state index in [0.29, 0.717) is 18.7 Å². The number of carbonyl (C=O) groups excluding carboxylic acids is 2. The van der Waals surface area contributed by atoms with Crippen molar-refractivity contribution < 1.29 is 14.3 Å². The molecule has 4 heteroatoms. The molecule has 2 rings (SSSR count). The molecule has 0 bridgehead atoms. The Morgan fingerprint density at radius 2 is 1.89 bits per heavy atom. The van der Waals surface area contributed by atoms with Crippen LogP contribution in [0.1, 0.15) is 29.5 Å². The number of carbonyl (C=O) groups is 2. The number of benzene rings is 1. The van der Waals surface area contributed by atoms with Gasteiger partial charge in [-0.1, -0.05) is 12.1 Å². The summed E-state index contributed by atoms with van der Waals surface area (Å²) in [6.07, 6.45) is 0.858. The number of ether oxygens (including phenoxy) is 1. The predicted octanol–water partition coefficient (Wildman–Crippen LogP) is 2.78. The van der Waals surface area contributed by atoms with Crippen molar-refractivity contribution >= 4 is 11.9 Å². The van der Waals surface area contributed by atoms with Gasteiger partial charge in [0.05, 0.1) is 6.54 Å². The SMILES string of the molecule is Cc1ccc(C)c(OC(=O)N2CCCC(=O)C2)c1C. The van der Waals surface area contributed by atoms with Crippen molar-refractivity contribution in [1.29, 1.82) is 0 Å². The number of nitrogens with zero attached hydrogens (tertiary/aromatic N) is 1. The maximum absolute atomic E-state index is 12.1. The molecule has 4 nitrogen and oxygen atoms in total. The van der Waals surface area contributed by atoms with Crippen molar-refractivity contribution in [1.82, 2.24) is 4.90 Å². The number of hydrogen-bond donors (Lipinski definition) is 0. The molecule has 1 fully saturated rings. The molecule has 0 N–H and O–H groups in total. The lowest BCUT2D eigenvalue weighted by atomic mass is 10.1. The third-order valence-electron chi connectivity index (χ3n) is 3.57. The lowest BCUT2D eigenvalue weighted by Gasteiger charge is -2.25. The number of amides is 1. The minimum atomic E-state index is -0.426. The average Bonchev–Trinajstić information content (AvgIpc) is 2.39. The van der Waals surface area contributed by atoms with Gasteiger partial charge >= 0.3 is 6.09 Å². The van der Waals surface area contributed by atoms with E-state index in [1.54, 1.807) is 0 Å². The van der Waals surface area contributed by atoms with Crippen molar-refractivity contribution in [3.8, 4) is 5.75 Å². The molecule has 0 radical (unpaired) electrons. The number of likely N-dealkylation sites (tertiary alicyclic amines) is 1. The lowest BCUT2D eigenvalue weighted by molar-refractivity contribution is -0.121. The second kappa shape index (κ2) is 5.43. The molecule has 0 saturated carbocycles. The Kier molecular flexibility index (Phi) is 3.88. The molecular weight excluding hydrogens is 242 g/mol. The van der Waals surface area contributed by atoms with Crippen LogP contribution in [0, 0.1) is 20.8 Å². The Hall–Kier alpha value is -1.84. The normalized spacial score (nSPS) is 15.5. The summed E-state index contributed by atoms with van der Waals surface area (Å²) in [7, 11) is 0. The van der Waals surface area contributed by atoms with Crippen LogP contribution in [0.3, 0.4) is 0 Å². The maximum Gasteiger partial charge on any atom is 0.415 e. The molecule has 1 aliphatic rings. The van der Waals surface area contributed by atoms with Gasteiger partial charge in [-0.3, -0.25) is 4.79 Å². The van der Waals surface area contributed by atoms with Gasteiger partial charge in [0.15, 0.2) is 5.78 Å². The first-order valence-corrected chi connectivity index (χ1v) is 6.54. The van der Waals surface area contributed by atoms with Crippen LogP contribution < -0.4 is 4.74 Å². The highest BCUT2D eigenvalue weighted by Crippen LogP contribution is 2.26. The van der Waals surface area contributed by atoms with Crippen LogP contribution in [-0.2, 0) is 4.79 Å². The summed E-state index contributed by atoms with van der Waals surface area (Å²) in [6.45, 7) is 6.59. The molecule has 1 aromatic carbocycles. The number of Topliss-reactive ketones (excluding diaryl/α,β-unsaturated/α-hetero) is 1. The monoisotopic (exact) mass is 261 g/mol. The topological polar surface area (TPSA) is 46.6 Å². The summed E-state index contributed by atoms with van der Waals surface area (Å²) in [5.41, 5.74) is 2.99. The third kappa shape index (κ3) is 2.95. The van der Waals surface area contributed by atoms with Gasteiger partial charge < -0.3 is 9.64 Å².